The first-order valence-corrected chi connectivity index (χ1v) is 10.2. The van der Waals surface area contributed by atoms with Gasteiger partial charge in [-0.2, -0.15) is 10.2 Å². The Labute approximate surface area is 190 Å². The second-order valence-corrected chi connectivity index (χ2v) is 7.62. The van der Waals surface area contributed by atoms with Crippen LogP contribution in [0.5, 0.6) is 0 Å². The zero-order valence-electron chi connectivity index (χ0n) is 18.0. The molecule has 9 nitrogen and oxygen atoms in total. The van der Waals surface area contributed by atoms with Crippen LogP contribution in [0.25, 0.3) is 39.5 Å². The minimum Gasteiger partial charge on any atom is -0.383 e. The minimum atomic E-state index is -0.741. The first-order valence-electron chi connectivity index (χ1n) is 10.2. The Kier molecular flexibility index (Phi) is 5.14. The van der Waals surface area contributed by atoms with Crippen LogP contribution in [-0.2, 0) is 4.74 Å². The van der Waals surface area contributed by atoms with Crippen LogP contribution in [-0.4, -0.2) is 37.8 Å². The van der Waals surface area contributed by atoms with Crippen LogP contribution in [0.2, 0.25) is 0 Å². The van der Waals surface area contributed by atoms with E-state index in [1.165, 1.54) is 52.7 Å². The van der Waals surface area contributed by atoms with E-state index in [9.17, 15) is 18.8 Å². The van der Waals surface area contributed by atoms with E-state index in [1.807, 2.05) is 6.07 Å². The Morgan fingerprint density at radius 3 is 2.65 bits per heavy atom. The average Bonchev–Trinajstić information content (AvgIpc) is 3.48. The third kappa shape index (κ3) is 3.23. The third-order valence-electron chi connectivity index (χ3n) is 5.48. The van der Waals surface area contributed by atoms with Crippen LogP contribution in [0.1, 0.15) is 18.5 Å². The van der Waals surface area contributed by atoms with Gasteiger partial charge in [0.15, 0.2) is 0 Å². The monoisotopic (exact) mass is 462 g/mol. The molecular weight excluding hydrogens is 446 g/mol. The zero-order valence-corrected chi connectivity index (χ0v) is 18.0. The summed E-state index contributed by atoms with van der Waals surface area (Å²) in [6.45, 7) is 1.87. The second-order valence-electron chi connectivity index (χ2n) is 7.62. The number of benzene rings is 2. The number of hydrogen-bond acceptors (Lipinski definition) is 7. The Hall–Kier alpha value is -4.43. The molecule has 0 amide bonds. The number of imidazole rings is 1. The largest absolute Gasteiger partial charge is 0.383 e. The maximum atomic E-state index is 14.5. The lowest BCUT2D eigenvalue weighted by Crippen LogP contribution is -2.28. The molecule has 1 unspecified atom stereocenters. The number of fused-ring (bicyclic) bond motifs is 3. The third-order valence-corrected chi connectivity index (χ3v) is 5.48. The highest BCUT2D eigenvalue weighted by Gasteiger charge is 2.25. The van der Waals surface area contributed by atoms with Gasteiger partial charge in [-0.25, -0.2) is 13.8 Å². The molecule has 0 spiro atoms. The number of nitrogens with zero attached hydrogens (tertiary/aromatic N) is 6. The van der Waals surface area contributed by atoms with Crippen molar-refractivity contribution >= 4 is 16.6 Å². The fourth-order valence-corrected chi connectivity index (χ4v) is 3.98. The molecule has 0 aliphatic heterocycles. The van der Waals surface area contributed by atoms with E-state index in [2.05, 4.69) is 15.1 Å². The molecule has 5 aromatic rings. The zero-order chi connectivity index (χ0) is 24.0. The van der Waals surface area contributed by atoms with E-state index in [4.69, 9.17) is 9.26 Å². The molecule has 0 N–H and O–H groups in total. The summed E-state index contributed by atoms with van der Waals surface area (Å²) in [4.78, 5) is 22.3. The number of rotatable bonds is 5. The highest BCUT2D eigenvalue weighted by molar-refractivity contribution is 5.87. The van der Waals surface area contributed by atoms with Gasteiger partial charge >= 0.3 is 0 Å². The van der Waals surface area contributed by atoms with Gasteiger partial charge in [0.2, 0.25) is 5.82 Å². The molecular formula is C23H16F2N6O3. The Bertz CT molecular complexity index is 1650. The van der Waals surface area contributed by atoms with E-state index < -0.39 is 23.2 Å². The quantitative estimate of drug-likeness (QED) is 0.391. The Morgan fingerprint density at radius 1 is 1.18 bits per heavy atom. The predicted molar refractivity (Wildman–Crippen MR) is 117 cm³/mol. The number of methoxy groups -OCH3 is 1. The molecule has 0 saturated carbocycles. The maximum absolute atomic E-state index is 14.5. The molecule has 0 bridgehead atoms. The summed E-state index contributed by atoms with van der Waals surface area (Å²) < 4.78 is 41.0. The lowest BCUT2D eigenvalue weighted by atomic mass is 10.1. The Morgan fingerprint density at radius 2 is 1.94 bits per heavy atom. The first-order chi connectivity index (χ1) is 16.4. The van der Waals surface area contributed by atoms with Gasteiger partial charge in [0, 0.05) is 12.7 Å². The molecule has 1 atom stereocenters. The van der Waals surface area contributed by atoms with Gasteiger partial charge in [-0.15, -0.1) is 0 Å². The molecule has 3 aromatic heterocycles. The molecule has 0 radical (unpaired) electrons. The van der Waals surface area contributed by atoms with Gasteiger partial charge in [0.1, 0.15) is 40.8 Å². The molecule has 0 aliphatic carbocycles. The molecule has 5 rings (SSSR count). The normalized spacial score (nSPS) is 12.3. The topological polar surface area (TPSA) is 111 Å². The van der Waals surface area contributed by atoms with Crippen molar-refractivity contribution in [3.05, 3.63) is 70.3 Å². The number of hydrogen-bond donors (Lipinski definition) is 0. The molecule has 2 aromatic carbocycles. The van der Waals surface area contributed by atoms with Crippen molar-refractivity contribution in [1.82, 2.24) is 24.1 Å². The van der Waals surface area contributed by atoms with Crippen LogP contribution in [0.15, 0.2) is 52.0 Å². The van der Waals surface area contributed by atoms with Crippen LogP contribution in [0, 0.1) is 23.0 Å². The van der Waals surface area contributed by atoms with Crippen molar-refractivity contribution in [2.75, 3.05) is 13.7 Å². The van der Waals surface area contributed by atoms with E-state index in [0.717, 1.165) is 6.07 Å². The number of halogens is 2. The van der Waals surface area contributed by atoms with Gasteiger partial charge in [-0.05, 0) is 43.3 Å². The van der Waals surface area contributed by atoms with Crippen molar-refractivity contribution < 1.29 is 18.0 Å². The highest BCUT2D eigenvalue weighted by atomic mass is 19.1. The highest BCUT2D eigenvalue weighted by Crippen LogP contribution is 2.28. The second kappa shape index (κ2) is 8.17. The number of nitriles is 1. The van der Waals surface area contributed by atoms with E-state index in [0.29, 0.717) is 11.1 Å². The van der Waals surface area contributed by atoms with Crippen molar-refractivity contribution in [2.45, 2.75) is 13.0 Å². The van der Waals surface area contributed by atoms with Crippen molar-refractivity contribution in [1.29, 1.82) is 5.26 Å². The lowest BCUT2D eigenvalue weighted by molar-refractivity contribution is 0.162. The minimum absolute atomic E-state index is 0.0480. The molecule has 11 heteroatoms. The number of ether oxygens (including phenoxy) is 1. The summed E-state index contributed by atoms with van der Waals surface area (Å²) in [7, 11) is 1.48. The molecule has 0 fully saturated rings. The average molecular weight is 462 g/mol. The SMILES string of the molecule is COCC(C)n1c(=O)c2c(-c3noc(-c4ccc(F)cc4)n3)ncn2c2ccc(F)c(C#N)c21. The summed E-state index contributed by atoms with van der Waals surface area (Å²) >= 11 is 0. The predicted octanol–water partition coefficient (Wildman–Crippen LogP) is 3.72. The number of aromatic nitrogens is 5. The standard InChI is InChI=1S/C23H16F2N6O3/c1-12(10-33-2)31-19-15(9-26)16(25)7-8-17(19)30-11-27-18(20(30)23(31)32)21-28-22(34-29-21)13-3-5-14(24)6-4-13/h3-8,11-12H,10H2,1-2H3. The molecule has 0 saturated heterocycles. The summed E-state index contributed by atoms with van der Waals surface area (Å²) in [5.74, 6) is -0.977. The van der Waals surface area contributed by atoms with Crippen LogP contribution >= 0.6 is 0 Å². The lowest BCUT2D eigenvalue weighted by Gasteiger charge is -2.19. The van der Waals surface area contributed by atoms with Crippen molar-refractivity contribution in [3.63, 3.8) is 0 Å². The van der Waals surface area contributed by atoms with E-state index in [1.54, 1.807) is 6.92 Å². The fourth-order valence-electron chi connectivity index (χ4n) is 3.98. The van der Waals surface area contributed by atoms with Gasteiger partial charge in [0.25, 0.3) is 11.4 Å². The van der Waals surface area contributed by atoms with Gasteiger partial charge in [-0.3, -0.25) is 13.8 Å². The molecule has 34 heavy (non-hydrogen) atoms. The van der Waals surface area contributed by atoms with Gasteiger partial charge < -0.3 is 9.26 Å². The molecule has 170 valence electrons. The summed E-state index contributed by atoms with van der Waals surface area (Å²) in [6, 6.07) is 9.47. The van der Waals surface area contributed by atoms with Crippen LogP contribution in [0.4, 0.5) is 8.78 Å². The fraction of sp³-hybridized carbons (Fsp3) is 0.174. The van der Waals surface area contributed by atoms with Crippen molar-refractivity contribution in [3.8, 4) is 29.0 Å². The smallest absolute Gasteiger partial charge is 0.278 e. The summed E-state index contributed by atoms with van der Waals surface area (Å²) in [5, 5.41) is 13.6. The van der Waals surface area contributed by atoms with Gasteiger partial charge in [0.05, 0.1) is 23.7 Å². The van der Waals surface area contributed by atoms with Crippen molar-refractivity contribution in [2.24, 2.45) is 0 Å². The van der Waals surface area contributed by atoms with Gasteiger partial charge in [-0.1, -0.05) is 5.16 Å². The molecule has 3 heterocycles. The Balaban J connectivity index is 1.79. The van der Waals surface area contributed by atoms with Crippen LogP contribution in [0.3, 0.4) is 0 Å². The summed E-state index contributed by atoms with van der Waals surface area (Å²) in [6.07, 6.45) is 1.38. The van der Waals surface area contributed by atoms with Crippen LogP contribution < -0.4 is 5.56 Å². The molecule has 0 aliphatic rings. The maximum Gasteiger partial charge on any atom is 0.278 e. The van der Waals surface area contributed by atoms with E-state index >= 15 is 0 Å². The first kappa shape index (κ1) is 21.4. The van der Waals surface area contributed by atoms with E-state index in [-0.39, 0.29) is 40.6 Å². The summed E-state index contributed by atoms with van der Waals surface area (Å²) in [5.41, 5.74) is 0.509.